The fourth-order valence-electron chi connectivity index (χ4n) is 2.08. The Morgan fingerprint density at radius 3 is 2.65 bits per heavy atom. The van der Waals surface area contributed by atoms with Gasteiger partial charge in [-0.1, -0.05) is 0 Å². The summed E-state index contributed by atoms with van der Waals surface area (Å²) in [7, 11) is 4.33. The zero-order valence-corrected chi connectivity index (χ0v) is 11.3. The molecule has 1 saturated heterocycles. The predicted octanol–water partition coefficient (Wildman–Crippen LogP) is 0.353. The topological polar surface area (TPSA) is 65.6 Å². The number of likely N-dealkylation sites (N-methyl/N-ethyl adjacent to an activating group) is 1. The van der Waals surface area contributed by atoms with Crippen LogP contribution < -0.4 is 5.73 Å². The lowest BCUT2D eigenvalue weighted by Gasteiger charge is -2.35. The fraction of sp³-hybridized carbons (Fsp3) is 0.917. The lowest BCUT2D eigenvalue weighted by Crippen LogP contribution is -2.43. The first-order valence-electron chi connectivity index (χ1n) is 6.35. The maximum Gasteiger partial charge on any atom is 0.120 e. The molecular formula is C12H26N4O. The number of hydrogen-bond acceptors (Lipinski definition) is 4. The molecule has 5 nitrogen and oxygen atoms in total. The highest BCUT2D eigenvalue weighted by molar-refractivity contribution is 5.81. The van der Waals surface area contributed by atoms with E-state index in [9.17, 15) is 0 Å². The van der Waals surface area contributed by atoms with Gasteiger partial charge < -0.3 is 20.3 Å². The van der Waals surface area contributed by atoms with Crippen molar-refractivity contribution in [2.24, 2.45) is 5.73 Å². The Labute approximate surface area is 104 Å². The van der Waals surface area contributed by atoms with Crippen molar-refractivity contribution in [3.05, 3.63) is 0 Å². The Hall–Kier alpha value is -0.650. The summed E-state index contributed by atoms with van der Waals surface area (Å²) in [5, 5.41) is 7.24. The number of ether oxygens (including phenoxy) is 1. The third-order valence-electron chi connectivity index (χ3n) is 3.56. The van der Waals surface area contributed by atoms with Gasteiger partial charge in [-0.2, -0.15) is 0 Å². The van der Waals surface area contributed by atoms with Gasteiger partial charge in [0.05, 0.1) is 6.61 Å². The SMILES string of the molecule is CC(OCCN(C)C1CCN(C)CC1)C(=N)N. The summed E-state index contributed by atoms with van der Waals surface area (Å²) in [4.78, 5) is 4.73. The highest BCUT2D eigenvalue weighted by Gasteiger charge is 2.20. The van der Waals surface area contributed by atoms with Gasteiger partial charge in [0.2, 0.25) is 0 Å². The highest BCUT2D eigenvalue weighted by atomic mass is 16.5. The van der Waals surface area contributed by atoms with Crippen molar-refractivity contribution in [3.8, 4) is 0 Å². The van der Waals surface area contributed by atoms with E-state index < -0.39 is 0 Å². The first kappa shape index (κ1) is 14.4. The minimum absolute atomic E-state index is 0.104. The van der Waals surface area contributed by atoms with Gasteiger partial charge in [-0.05, 0) is 47.0 Å². The summed E-state index contributed by atoms with van der Waals surface area (Å²) < 4.78 is 5.48. The molecule has 1 atom stereocenters. The van der Waals surface area contributed by atoms with E-state index in [4.69, 9.17) is 15.9 Å². The number of amidine groups is 1. The molecule has 0 amide bonds. The van der Waals surface area contributed by atoms with Gasteiger partial charge in [0.1, 0.15) is 11.9 Å². The molecule has 0 aromatic rings. The number of rotatable bonds is 6. The Balaban J connectivity index is 2.16. The maximum absolute atomic E-state index is 7.24. The third-order valence-corrected chi connectivity index (χ3v) is 3.56. The van der Waals surface area contributed by atoms with E-state index >= 15 is 0 Å². The summed E-state index contributed by atoms with van der Waals surface area (Å²) in [6.07, 6.45) is 2.20. The number of nitrogens with two attached hydrogens (primary N) is 1. The third kappa shape index (κ3) is 5.02. The molecule has 17 heavy (non-hydrogen) atoms. The minimum Gasteiger partial charge on any atom is -0.385 e. The summed E-state index contributed by atoms with van der Waals surface area (Å²) in [5.41, 5.74) is 5.35. The molecule has 100 valence electrons. The number of nitrogens with one attached hydrogen (secondary N) is 1. The molecule has 5 heteroatoms. The van der Waals surface area contributed by atoms with Crippen molar-refractivity contribution in [3.63, 3.8) is 0 Å². The highest BCUT2D eigenvalue weighted by Crippen LogP contribution is 2.13. The van der Waals surface area contributed by atoms with Crippen molar-refractivity contribution >= 4 is 5.84 Å². The predicted molar refractivity (Wildman–Crippen MR) is 70.5 cm³/mol. The van der Waals surface area contributed by atoms with Crippen molar-refractivity contribution < 1.29 is 4.74 Å². The van der Waals surface area contributed by atoms with E-state index in [-0.39, 0.29) is 11.9 Å². The maximum atomic E-state index is 7.24. The summed E-state index contributed by atoms with van der Waals surface area (Å²) >= 11 is 0. The zero-order valence-electron chi connectivity index (χ0n) is 11.3. The molecule has 1 unspecified atom stereocenters. The summed E-state index contributed by atoms with van der Waals surface area (Å²) in [6.45, 7) is 5.73. The Morgan fingerprint density at radius 2 is 2.12 bits per heavy atom. The monoisotopic (exact) mass is 242 g/mol. The van der Waals surface area contributed by atoms with Gasteiger partial charge in [0, 0.05) is 12.6 Å². The number of likely N-dealkylation sites (tertiary alicyclic amines) is 1. The average molecular weight is 242 g/mol. The minimum atomic E-state index is -0.263. The Bertz CT molecular complexity index is 239. The second-order valence-corrected chi connectivity index (χ2v) is 4.98. The first-order chi connectivity index (χ1) is 8.00. The molecular weight excluding hydrogens is 216 g/mol. The molecule has 1 aliphatic heterocycles. The first-order valence-corrected chi connectivity index (χ1v) is 6.35. The van der Waals surface area contributed by atoms with Crippen LogP contribution in [0.5, 0.6) is 0 Å². The molecule has 1 aliphatic rings. The van der Waals surface area contributed by atoms with Gasteiger partial charge in [-0.15, -0.1) is 0 Å². The van der Waals surface area contributed by atoms with Crippen LogP contribution in [-0.4, -0.2) is 68.1 Å². The van der Waals surface area contributed by atoms with Gasteiger partial charge >= 0.3 is 0 Å². The van der Waals surface area contributed by atoms with Crippen molar-refractivity contribution in [1.82, 2.24) is 9.80 Å². The molecule has 0 aromatic carbocycles. The van der Waals surface area contributed by atoms with Crippen LogP contribution in [0.15, 0.2) is 0 Å². The summed E-state index contributed by atoms with van der Waals surface area (Å²) in [5.74, 6) is 0.104. The molecule has 1 heterocycles. The molecule has 3 N–H and O–H groups in total. The number of nitrogens with zero attached hydrogens (tertiary/aromatic N) is 2. The molecule has 0 radical (unpaired) electrons. The van der Waals surface area contributed by atoms with Crippen LogP contribution in [0.2, 0.25) is 0 Å². The zero-order chi connectivity index (χ0) is 12.8. The molecule has 1 rings (SSSR count). The van der Waals surface area contributed by atoms with Crippen molar-refractivity contribution in [1.29, 1.82) is 5.41 Å². The molecule has 0 bridgehead atoms. The van der Waals surface area contributed by atoms with E-state index in [1.54, 1.807) is 0 Å². The van der Waals surface area contributed by atoms with Gasteiger partial charge in [-0.25, -0.2) is 0 Å². The molecule has 1 fully saturated rings. The quantitative estimate of drug-likeness (QED) is 0.521. The Kier molecular flexibility index (Phi) is 5.88. The lowest BCUT2D eigenvalue weighted by molar-refractivity contribution is 0.0662. The lowest BCUT2D eigenvalue weighted by atomic mass is 10.0. The van der Waals surface area contributed by atoms with Crippen LogP contribution in [0.3, 0.4) is 0 Å². The molecule has 0 saturated carbocycles. The smallest absolute Gasteiger partial charge is 0.120 e. The summed E-state index contributed by atoms with van der Waals surface area (Å²) in [6, 6.07) is 0.669. The molecule has 0 aromatic heterocycles. The van der Waals surface area contributed by atoms with E-state index in [1.807, 2.05) is 6.92 Å². The molecule has 0 aliphatic carbocycles. The van der Waals surface area contributed by atoms with Crippen LogP contribution >= 0.6 is 0 Å². The van der Waals surface area contributed by atoms with Crippen LogP contribution in [-0.2, 0) is 4.74 Å². The van der Waals surface area contributed by atoms with Crippen molar-refractivity contribution in [2.45, 2.75) is 31.9 Å². The van der Waals surface area contributed by atoms with Gasteiger partial charge in [0.15, 0.2) is 0 Å². The standard InChI is InChI=1S/C12H26N4O/c1-10(12(13)14)17-9-8-16(3)11-4-6-15(2)7-5-11/h10-11H,4-9H2,1-3H3,(H3,13,14). The normalized spacial score (nSPS) is 20.7. The van der Waals surface area contributed by atoms with E-state index in [2.05, 4.69) is 23.9 Å². The van der Waals surface area contributed by atoms with Gasteiger partial charge in [0.25, 0.3) is 0 Å². The van der Waals surface area contributed by atoms with E-state index in [0.717, 1.165) is 6.54 Å². The largest absolute Gasteiger partial charge is 0.385 e. The van der Waals surface area contributed by atoms with Crippen LogP contribution in [0.25, 0.3) is 0 Å². The van der Waals surface area contributed by atoms with Crippen LogP contribution in [0.4, 0.5) is 0 Å². The fourth-order valence-corrected chi connectivity index (χ4v) is 2.08. The second kappa shape index (κ2) is 6.93. The van der Waals surface area contributed by atoms with Crippen LogP contribution in [0, 0.1) is 5.41 Å². The van der Waals surface area contributed by atoms with E-state index in [0.29, 0.717) is 12.6 Å². The average Bonchev–Trinajstić information content (AvgIpc) is 2.29. The number of hydrogen-bond donors (Lipinski definition) is 2. The van der Waals surface area contributed by atoms with Crippen molar-refractivity contribution in [2.75, 3.05) is 40.3 Å². The second-order valence-electron chi connectivity index (χ2n) is 4.98. The Morgan fingerprint density at radius 1 is 1.53 bits per heavy atom. The van der Waals surface area contributed by atoms with Gasteiger partial charge in [-0.3, -0.25) is 5.41 Å². The molecule has 0 spiro atoms. The van der Waals surface area contributed by atoms with Crippen LogP contribution in [0.1, 0.15) is 19.8 Å². The number of piperidine rings is 1. The van der Waals surface area contributed by atoms with E-state index in [1.165, 1.54) is 25.9 Å².